The molecule has 0 aliphatic heterocycles. The van der Waals surface area contributed by atoms with Crippen molar-refractivity contribution in [2.75, 3.05) is 0 Å². The Kier molecular flexibility index (Phi) is 4.49. The predicted molar refractivity (Wildman–Crippen MR) is 76.8 cm³/mol. The van der Waals surface area contributed by atoms with Crippen molar-refractivity contribution in [3.8, 4) is 0 Å². The second-order valence-corrected chi connectivity index (χ2v) is 5.65. The third-order valence-electron chi connectivity index (χ3n) is 2.57. The van der Waals surface area contributed by atoms with Gasteiger partial charge in [0, 0.05) is 21.6 Å². The number of thiazole rings is 1. The lowest BCUT2D eigenvalue weighted by atomic mass is 10.2. The number of aromatic nitrogens is 1. The molecule has 2 rings (SSSR count). The molecule has 1 atom stereocenters. The fraction of sp³-hybridized carbons (Fsp3) is 0.231. The van der Waals surface area contributed by atoms with Gasteiger partial charge in [-0.15, -0.1) is 11.3 Å². The minimum atomic E-state index is -0.0652. The lowest BCUT2D eigenvalue weighted by Gasteiger charge is -2.14. The van der Waals surface area contributed by atoms with E-state index in [0.717, 1.165) is 15.9 Å². The van der Waals surface area contributed by atoms with Crippen molar-refractivity contribution in [2.45, 2.75) is 19.4 Å². The molecule has 1 amide bonds. The van der Waals surface area contributed by atoms with E-state index in [9.17, 15) is 4.79 Å². The highest BCUT2D eigenvalue weighted by Crippen LogP contribution is 2.19. The van der Waals surface area contributed by atoms with E-state index in [4.69, 9.17) is 0 Å². The van der Waals surface area contributed by atoms with Crippen molar-refractivity contribution < 1.29 is 4.79 Å². The van der Waals surface area contributed by atoms with Crippen LogP contribution < -0.4 is 5.32 Å². The molecule has 94 valence electrons. The first kappa shape index (κ1) is 13.2. The number of rotatable bonds is 4. The standard InChI is InChI=1S/C13H13BrN2OS/c1-2-11(13-15-7-8-18-13)16-12(17)9-3-5-10(14)6-4-9/h3-8,11H,2H2,1H3,(H,16,17). The Hall–Kier alpha value is -1.20. The lowest BCUT2D eigenvalue weighted by molar-refractivity contribution is 0.0935. The fourth-order valence-electron chi connectivity index (χ4n) is 1.59. The summed E-state index contributed by atoms with van der Waals surface area (Å²) in [6.07, 6.45) is 2.59. The summed E-state index contributed by atoms with van der Waals surface area (Å²) >= 11 is 4.91. The van der Waals surface area contributed by atoms with Gasteiger partial charge in [0.1, 0.15) is 5.01 Å². The van der Waals surface area contributed by atoms with Gasteiger partial charge in [0.2, 0.25) is 0 Å². The Balaban J connectivity index is 2.08. The van der Waals surface area contributed by atoms with Crippen LogP contribution in [-0.4, -0.2) is 10.9 Å². The molecule has 1 heterocycles. The zero-order chi connectivity index (χ0) is 13.0. The number of hydrogen-bond donors (Lipinski definition) is 1. The number of amides is 1. The van der Waals surface area contributed by atoms with Crippen LogP contribution in [0.2, 0.25) is 0 Å². The van der Waals surface area contributed by atoms with Gasteiger partial charge < -0.3 is 5.32 Å². The molecular formula is C13H13BrN2OS. The molecule has 3 nitrogen and oxygen atoms in total. The van der Waals surface area contributed by atoms with Crippen molar-refractivity contribution in [1.29, 1.82) is 0 Å². The summed E-state index contributed by atoms with van der Waals surface area (Å²) < 4.78 is 0.964. The number of hydrogen-bond acceptors (Lipinski definition) is 3. The largest absolute Gasteiger partial charge is 0.343 e. The van der Waals surface area contributed by atoms with Gasteiger partial charge >= 0.3 is 0 Å². The molecule has 0 saturated carbocycles. The molecule has 1 N–H and O–H groups in total. The number of nitrogens with one attached hydrogen (secondary N) is 1. The van der Waals surface area contributed by atoms with Gasteiger partial charge in [0.25, 0.3) is 5.91 Å². The van der Waals surface area contributed by atoms with E-state index in [-0.39, 0.29) is 11.9 Å². The molecule has 2 aromatic rings. The average molecular weight is 325 g/mol. The van der Waals surface area contributed by atoms with Crippen molar-refractivity contribution >= 4 is 33.2 Å². The summed E-state index contributed by atoms with van der Waals surface area (Å²) in [4.78, 5) is 16.3. The SMILES string of the molecule is CCC(NC(=O)c1ccc(Br)cc1)c1nccs1. The third-order valence-corrected chi connectivity index (χ3v) is 3.99. The topological polar surface area (TPSA) is 42.0 Å². The molecule has 5 heteroatoms. The van der Waals surface area contributed by atoms with Gasteiger partial charge in [0.05, 0.1) is 6.04 Å². The van der Waals surface area contributed by atoms with Crippen molar-refractivity contribution in [1.82, 2.24) is 10.3 Å². The summed E-state index contributed by atoms with van der Waals surface area (Å²) in [6, 6.07) is 7.31. The van der Waals surface area contributed by atoms with Crippen LogP contribution in [0.3, 0.4) is 0 Å². The van der Waals surface area contributed by atoms with Crippen LogP contribution >= 0.6 is 27.3 Å². The molecule has 0 spiro atoms. The molecule has 0 aliphatic rings. The molecule has 0 aliphatic carbocycles. The normalized spacial score (nSPS) is 12.1. The monoisotopic (exact) mass is 324 g/mol. The second kappa shape index (κ2) is 6.11. The van der Waals surface area contributed by atoms with Gasteiger partial charge in [-0.2, -0.15) is 0 Å². The van der Waals surface area contributed by atoms with Crippen molar-refractivity contribution in [3.63, 3.8) is 0 Å². The van der Waals surface area contributed by atoms with Gasteiger partial charge in [-0.25, -0.2) is 4.98 Å². The summed E-state index contributed by atoms with van der Waals surface area (Å²) in [6.45, 7) is 2.04. The second-order valence-electron chi connectivity index (χ2n) is 3.81. The Bertz CT molecular complexity index is 510. The van der Waals surface area contributed by atoms with Gasteiger partial charge in [-0.1, -0.05) is 22.9 Å². The fourth-order valence-corrected chi connectivity index (χ4v) is 2.62. The number of carbonyl (C=O) groups excluding carboxylic acids is 1. The third kappa shape index (κ3) is 3.17. The van der Waals surface area contributed by atoms with E-state index in [0.29, 0.717) is 5.56 Å². The maximum absolute atomic E-state index is 12.1. The van der Waals surface area contributed by atoms with E-state index < -0.39 is 0 Å². The minimum absolute atomic E-state index is 0.0128. The highest BCUT2D eigenvalue weighted by molar-refractivity contribution is 9.10. The zero-order valence-corrected chi connectivity index (χ0v) is 12.3. The lowest BCUT2D eigenvalue weighted by Crippen LogP contribution is -2.28. The van der Waals surface area contributed by atoms with E-state index in [1.54, 1.807) is 29.7 Å². The van der Waals surface area contributed by atoms with Gasteiger partial charge in [0.15, 0.2) is 0 Å². The first-order valence-electron chi connectivity index (χ1n) is 5.66. The first-order chi connectivity index (χ1) is 8.70. The number of carbonyl (C=O) groups is 1. The summed E-state index contributed by atoms with van der Waals surface area (Å²) in [5, 5.41) is 5.87. The van der Waals surface area contributed by atoms with Crippen LogP contribution in [0.1, 0.15) is 34.8 Å². The average Bonchev–Trinajstić information content (AvgIpc) is 2.90. The molecular weight excluding hydrogens is 312 g/mol. The maximum atomic E-state index is 12.1. The van der Waals surface area contributed by atoms with Gasteiger partial charge in [-0.05, 0) is 30.7 Å². The number of halogens is 1. The quantitative estimate of drug-likeness (QED) is 0.929. The highest BCUT2D eigenvalue weighted by atomic mass is 79.9. The molecule has 0 saturated heterocycles. The van der Waals surface area contributed by atoms with E-state index in [1.165, 1.54) is 0 Å². The van der Waals surface area contributed by atoms with E-state index >= 15 is 0 Å². The van der Waals surface area contributed by atoms with Crippen LogP contribution in [-0.2, 0) is 0 Å². The molecule has 18 heavy (non-hydrogen) atoms. The van der Waals surface area contributed by atoms with Crippen LogP contribution in [0, 0.1) is 0 Å². The molecule has 0 radical (unpaired) electrons. The first-order valence-corrected chi connectivity index (χ1v) is 7.33. The summed E-state index contributed by atoms with van der Waals surface area (Å²) in [5.41, 5.74) is 0.660. The van der Waals surface area contributed by atoms with Crippen LogP contribution in [0.25, 0.3) is 0 Å². The Morgan fingerprint density at radius 2 is 2.17 bits per heavy atom. The number of benzene rings is 1. The molecule has 1 unspecified atom stereocenters. The minimum Gasteiger partial charge on any atom is -0.343 e. The van der Waals surface area contributed by atoms with Crippen molar-refractivity contribution in [3.05, 3.63) is 50.9 Å². The molecule has 1 aromatic heterocycles. The highest BCUT2D eigenvalue weighted by Gasteiger charge is 2.15. The van der Waals surface area contributed by atoms with Gasteiger partial charge in [-0.3, -0.25) is 4.79 Å². The van der Waals surface area contributed by atoms with Crippen LogP contribution in [0.15, 0.2) is 40.3 Å². The van der Waals surface area contributed by atoms with E-state index in [2.05, 4.69) is 26.2 Å². The predicted octanol–water partition coefficient (Wildman–Crippen LogP) is 3.79. The molecule has 1 aromatic carbocycles. The Morgan fingerprint density at radius 1 is 1.44 bits per heavy atom. The maximum Gasteiger partial charge on any atom is 0.251 e. The zero-order valence-electron chi connectivity index (χ0n) is 9.89. The van der Waals surface area contributed by atoms with Crippen molar-refractivity contribution in [2.24, 2.45) is 0 Å². The Morgan fingerprint density at radius 3 is 2.72 bits per heavy atom. The molecule has 0 bridgehead atoms. The van der Waals surface area contributed by atoms with Crippen LogP contribution in [0.5, 0.6) is 0 Å². The Labute approximate surface area is 118 Å². The summed E-state index contributed by atoms with van der Waals surface area (Å²) in [7, 11) is 0. The van der Waals surface area contributed by atoms with E-state index in [1.807, 2.05) is 24.4 Å². The smallest absolute Gasteiger partial charge is 0.251 e. The van der Waals surface area contributed by atoms with Crippen LogP contribution in [0.4, 0.5) is 0 Å². The number of nitrogens with zero attached hydrogens (tertiary/aromatic N) is 1. The molecule has 0 fully saturated rings. The summed E-state index contributed by atoms with van der Waals surface area (Å²) in [5.74, 6) is -0.0652.